The van der Waals surface area contributed by atoms with Gasteiger partial charge in [-0.2, -0.15) is 0 Å². The summed E-state index contributed by atoms with van der Waals surface area (Å²) < 4.78 is 13.6. The van der Waals surface area contributed by atoms with E-state index in [1.54, 1.807) is 19.9 Å². The quantitative estimate of drug-likeness (QED) is 0.799. The molecule has 16 heavy (non-hydrogen) atoms. The molecule has 3 atom stereocenters. The van der Waals surface area contributed by atoms with E-state index in [-0.39, 0.29) is 17.1 Å². The predicted octanol–water partition coefficient (Wildman–Crippen LogP) is 2.71. The van der Waals surface area contributed by atoms with Crippen molar-refractivity contribution in [2.75, 3.05) is 0 Å². The lowest BCUT2D eigenvalue weighted by atomic mass is 10.1. The van der Waals surface area contributed by atoms with Gasteiger partial charge >= 0.3 is 0 Å². The molecule has 0 aliphatic carbocycles. The molecule has 0 amide bonds. The molecular formula is C12H18FNOS. The van der Waals surface area contributed by atoms with Crippen LogP contribution in [0.15, 0.2) is 23.1 Å². The number of aliphatic hydroxyl groups is 1. The van der Waals surface area contributed by atoms with Gasteiger partial charge in [-0.05, 0) is 26.0 Å². The summed E-state index contributed by atoms with van der Waals surface area (Å²) >= 11 is 1.45. The number of hydrogen-bond acceptors (Lipinski definition) is 3. The Morgan fingerprint density at radius 2 is 1.94 bits per heavy atom. The van der Waals surface area contributed by atoms with Crippen molar-refractivity contribution in [3.05, 3.63) is 29.6 Å². The molecule has 1 aromatic rings. The zero-order valence-corrected chi connectivity index (χ0v) is 10.6. The molecule has 0 aliphatic heterocycles. The van der Waals surface area contributed by atoms with Crippen molar-refractivity contribution < 1.29 is 9.50 Å². The van der Waals surface area contributed by atoms with Crippen LogP contribution < -0.4 is 5.73 Å². The summed E-state index contributed by atoms with van der Waals surface area (Å²) in [5.41, 5.74) is 6.28. The maximum absolute atomic E-state index is 13.6. The van der Waals surface area contributed by atoms with Crippen LogP contribution in [0.3, 0.4) is 0 Å². The molecule has 0 aromatic heterocycles. The summed E-state index contributed by atoms with van der Waals surface area (Å²) in [6, 6.07) is 4.57. The number of rotatable bonds is 4. The van der Waals surface area contributed by atoms with Gasteiger partial charge in [0, 0.05) is 21.8 Å². The van der Waals surface area contributed by atoms with Crippen LogP contribution in [0, 0.1) is 5.82 Å². The molecule has 0 fully saturated rings. The summed E-state index contributed by atoms with van der Waals surface area (Å²) in [5, 5.41) is 9.45. The molecule has 90 valence electrons. The molecule has 2 nitrogen and oxygen atoms in total. The van der Waals surface area contributed by atoms with E-state index in [1.165, 1.54) is 17.8 Å². The highest BCUT2D eigenvalue weighted by Crippen LogP contribution is 2.32. The van der Waals surface area contributed by atoms with Crippen LogP contribution >= 0.6 is 11.8 Å². The van der Waals surface area contributed by atoms with E-state index in [0.717, 1.165) is 4.90 Å². The second-order valence-corrected chi connectivity index (χ2v) is 5.42. The third-order valence-corrected chi connectivity index (χ3v) is 3.84. The van der Waals surface area contributed by atoms with Crippen LogP contribution in [0.5, 0.6) is 0 Å². The number of nitrogens with two attached hydrogens (primary N) is 1. The lowest BCUT2D eigenvalue weighted by molar-refractivity contribution is 0.196. The maximum Gasteiger partial charge on any atom is 0.129 e. The molecule has 0 spiro atoms. The Bertz CT molecular complexity index is 355. The Morgan fingerprint density at radius 3 is 2.44 bits per heavy atom. The minimum Gasteiger partial charge on any atom is -0.392 e. The lowest BCUT2D eigenvalue weighted by Gasteiger charge is -2.18. The molecule has 0 saturated heterocycles. The van der Waals surface area contributed by atoms with Gasteiger partial charge in [-0.1, -0.05) is 13.0 Å². The molecule has 1 rings (SSSR count). The Hall–Kier alpha value is -0.580. The van der Waals surface area contributed by atoms with E-state index >= 15 is 0 Å². The molecule has 0 heterocycles. The number of hydrogen-bond donors (Lipinski definition) is 2. The molecule has 3 N–H and O–H groups in total. The Labute approximate surface area is 100 Å². The van der Waals surface area contributed by atoms with Crippen LogP contribution in [0.2, 0.25) is 0 Å². The average molecular weight is 243 g/mol. The Morgan fingerprint density at radius 1 is 1.31 bits per heavy atom. The number of aliphatic hydroxyl groups excluding tert-OH is 1. The number of halogens is 1. The largest absolute Gasteiger partial charge is 0.392 e. The van der Waals surface area contributed by atoms with E-state index in [2.05, 4.69) is 0 Å². The van der Waals surface area contributed by atoms with Gasteiger partial charge in [-0.3, -0.25) is 0 Å². The first kappa shape index (κ1) is 13.5. The van der Waals surface area contributed by atoms with Crippen LogP contribution in [0.4, 0.5) is 4.39 Å². The number of thioether (sulfide) groups is 1. The smallest absolute Gasteiger partial charge is 0.129 e. The van der Waals surface area contributed by atoms with Crippen molar-refractivity contribution in [1.82, 2.24) is 0 Å². The topological polar surface area (TPSA) is 46.2 Å². The van der Waals surface area contributed by atoms with Crippen molar-refractivity contribution in [3.8, 4) is 0 Å². The second-order valence-electron chi connectivity index (χ2n) is 4.00. The summed E-state index contributed by atoms with van der Waals surface area (Å²) in [6.45, 7) is 5.39. The van der Waals surface area contributed by atoms with Gasteiger partial charge in [0.25, 0.3) is 0 Å². The SMILES string of the molecule is CC(N)c1c(F)cccc1SC(C)C(C)O. The van der Waals surface area contributed by atoms with Crippen LogP contribution in [-0.2, 0) is 0 Å². The van der Waals surface area contributed by atoms with Crippen molar-refractivity contribution in [2.24, 2.45) is 5.73 Å². The van der Waals surface area contributed by atoms with Gasteiger partial charge in [0.1, 0.15) is 5.82 Å². The first-order chi connectivity index (χ1) is 7.43. The van der Waals surface area contributed by atoms with Gasteiger partial charge in [-0.15, -0.1) is 11.8 Å². The summed E-state index contributed by atoms with van der Waals surface area (Å²) in [7, 11) is 0. The third kappa shape index (κ3) is 3.20. The standard InChI is InChI=1S/C12H18FNOS/c1-7(14)12-10(13)5-4-6-11(12)16-9(3)8(2)15/h4-9,15H,14H2,1-3H3. The zero-order chi connectivity index (χ0) is 12.3. The van der Waals surface area contributed by atoms with E-state index in [1.807, 2.05) is 13.0 Å². The molecule has 4 heteroatoms. The normalized spacial score (nSPS) is 16.9. The molecule has 0 radical (unpaired) electrons. The highest BCUT2D eigenvalue weighted by atomic mass is 32.2. The highest BCUT2D eigenvalue weighted by molar-refractivity contribution is 8.00. The first-order valence-electron chi connectivity index (χ1n) is 5.32. The van der Waals surface area contributed by atoms with E-state index in [4.69, 9.17) is 5.73 Å². The average Bonchev–Trinajstić information content (AvgIpc) is 2.16. The molecule has 1 aromatic carbocycles. The molecule has 0 aliphatic rings. The lowest BCUT2D eigenvalue weighted by Crippen LogP contribution is -2.16. The minimum absolute atomic E-state index is 0.0132. The van der Waals surface area contributed by atoms with Gasteiger partial charge in [0.2, 0.25) is 0 Å². The highest BCUT2D eigenvalue weighted by Gasteiger charge is 2.17. The fraction of sp³-hybridized carbons (Fsp3) is 0.500. The van der Waals surface area contributed by atoms with Crippen LogP contribution in [0.25, 0.3) is 0 Å². The monoisotopic (exact) mass is 243 g/mol. The number of benzene rings is 1. The molecular weight excluding hydrogens is 225 g/mol. The maximum atomic E-state index is 13.6. The Balaban J connectivity index is 2.99. The Kier molecular flexibility index (Phi) is 4.77. The third-order valence-electron chi connectivity index (χ3n) is 2.46. The summed E-state index contributed by atoms with van der Waals surface area (Å²) in [6.07, 6.45) is -0.436. The van der Waals surface area contributed by atoms with Crippen molar-refractivity contribution in [2.45, 2.75) is 43.1 Å². The van der Waals surface area contributed by atoms with E-state index in [0.29, 0.717) is 5.56 Å². The van der Waals surface area contributed by atoms with Crippen molar-refractivity contribution in [1.29, 1.82) is 0 Å². The first-order valence-corrected chi connectivity index (χ1v) is 6.20. The molecule has 0 saturated carbocycles. The summed E-state index contributed by atoms with van der Waals surface area (Å²) in [5.74, 6) is -0.280. The summed E-state index contributed by atoms with van der Waals surface area (Å²) in [4.78, 5) is 0.809. The minimum atomic E-state index is -0.436. The van der Waals surface area contributed by atoms with Gasteiger partial charge in [-0.25, -0.2) is 4.39 Å². The van der Waals surface area contributed by atoms with Gasteiger partial charge in [0.05, 0.1) is 6.10 Å². The second kappa shape index (κ2) is 5.66. The fourth-order valence-electron chi connectivity index (χ4n) is 1.36. The van der Waals surface area contributed by atoms with Crippen molar-refractivity contribution >= 4 is 11.8 Å². The van der Waals surface area contributed by atoms with Gasteiger partial charge < -0.3 is 10.8 Å². The molecule has 0 bridgehead atoms. The van der Waals surface area contributed by atoms with Gasteiger partial charge in [0.15, 0.2) is 0 Å². The predicted molar refractivity (Wildman–Crippen MR) is 66.0 cm³/mol. The van der Waals surface area contributed by atoms with Crippen molar-refractivity contribution in [3.63, 3.8) is 0 Å². The van der Waals surface area contributed by atoms with E-state index < -0.39 is 6.10 Å². The zero-order valence-electron chi connectivity index (χ0n) is 9.77. The molecule has 3 unspecified atom stereocenters. The van der Waals surface area contributed by atoms with Crippen LogP contribution in [0.1, 0.15) is 32.4 Å². The fourth-order valence-corrected chi connectivity index (χ4v) is 2.53. The van der Waals surface area contributed by atoms with Crippen LogP contribution in [-0.4, -0.2) is 16.5 Å². The van der Waals surface area contributed by atoms with E-state index in [9.17, 15) is 9.50 Å².